The molecule has 0 saturated heterocycles. The Hall–Kier alpha value is -1.81. The van der Waals surface area contributed by atoms with Crippen molar-refractivity contribution in [3.05, 3.63) is 52.2 Å². The largest absolute Gasteiger partial charge is 0.398 e. The topological polar surface area (TPSA) is 55.1 Å². The molecule has 3 nitrogen and oxygen atoms in total. The number of anilines is 1. The number of thiophene rings is 1. The van der Waals surface area contributed by atoms with Crippen molar-refractivity contribution in [1.29, 1.82) is 0 Å². The molecule has 0 atom stereocenters. The molecule has 0 aliphatic rings. The van der Waals surface area contributed by atoms with E-state index in [0.29, 0.717) is 12.2 Å². The second-order valence-electron chi connectivity index (χ2n) is 3.36. The van der Waals surface area contributed by atoms with Crippen molar-refractivity contribution in [2.75, 3.05) is 5.73 Å². The predicted octanol–water partition coefficient (Wildman–Crippen LogP) is 2.26. The van der Waals surface area contributed by atoms with E-state index < -0.39 is 0 Å². The highest BCUT2D eigenvalue weighted by molar-refractivity contribution is 7.12. The number of hydrogen-bond acceptors (Lipinski definition) is 3. The molecule has 0 aliphatic carbocycles. The van der Waals surface area contributed by atoms with E-state index in [-0.39, 0.29) is 5.91 Å². The Labute approximate surface area is 97.9 Å². The quantitative estimate of drug-likeness (QED) is 0.797. The second kappa shape index (κ2) is 4.81. The molecule has 2 rings (SSSR count). The molecule has 1 aromatic carbocycles. The van der Waals surface area contributed by atoms with Crippen LogP contribution in [0.25, 0.3) is 0 Å². The van der Waals surface area contributed by atoms with Crippen molar-refractivity contribution >= 4 is 22.9 Å². The Bertz CT molecular complexity index is 480. The third kappa shape index (κ3) is 2.41. The van der Waals surface area contributed by atoms with Crippen molar-refractivity contribution in [3.63, 3.8) is 0 Å². The van der Waals surface area contributed by atoms with Crippen molar-refractivity contribution in [1.82, 2.24) is 5.32 Å². The second-order valence-corrected chi connectivity index (χ2v) is 4.31. The third-order valence-corrected chi connectivity index (χ3v) is 3.11. The molecular formula is C12H12N2OS. The third-order valence-electron chi connectivity index (χ3n) is 2.24. The van der Waals surface area contributed by atoms with E-state index >= 15 is 0 Å². The fraction of sp³-hybridized carbons (Fsp3) is 0.0833. The normalized spacial score (nSPS) is 10.0. The van der Waals surface area contributed by atoms with Crippen LogP contribution in [0, 0.1) is 0 Å². The van der Waals surface area contributed by atoms with Gasteiger partial charge in [0.15, 0.2) is 0 Å². The number of para-hydroxylation sites is 1. The SMILES string of the molecule is Nc1ccccc1CNC(=O)c1cccs1. The van der Waals surface area contributed by atoms with Gasteiger partial charge in [-0.2, -0.15) is 0 Å². The minimum absolute atomic E-state index is 0.0572. The highest BCUT2D eigenvalue weighted by Gasteiger charge is 2.06. The summed E-state index contributed by atoms with van der Waals surface area (Å²) in [5.74, 6) is -0.0572. The zero-order chi connectivity index (χ0) is 11.4. The van der Waals surface area contributed by atoms with Crippen LogP contribution < -0.4 is 11.1 Å². The first-order valence-electron chi connectivity index (χ1n) is 4.92. The van der Waals surface area contributed by atoms with E-state index in [1.165, 1.54) is 11.3 Å². The molecule has 0 bridgehead atoms. The summed E-state index contributed by atoms with van der Waals surface area (Å²) in [7, 11) is 0. The lowest BCUT2D eigenvalue weighted by Crippen LogP contribution is -2.22. The fourth-order valence-electron chi connectivity index (χ4n) is 1.37. The lowest BCUT2D eigenvalue weighted by Gasteiger charge is -2.06. The van der Waals surface area contributed by atoms with Crippen LogP contribution in [0.5, 0.6) is 0 Å². The molecule has 2 aromatic rings. The van der Waals surface area contributed by atoms with Gasteiger partial charge in [-0.05, 0) is 23.1 Å². The number of nitrogens with two attached hydrogens (primary N) is 1. The van der Waals surface area contributed by atoms with Crippen molar-refractivity contribution < 1.29 is 4.79 Å². The van der Waals surface area contributed by atoms with Gasteiger partial charge in [0.05, 0.1) is 4.88 Å². The van der Waals surface area contributed by atoms with Gasteiger partial charge >= 0.3 is 0 Å². The summed E-state index contributed by atoms with van der Waals surface area (Å²) in [5, 5.41) is 4.71. The van der Waals surface area contributed by atoms with Crippen LogP contribution in [0.2, 0.25) is 0 Å². The first-order valence-corrected chi connectivity index (χ1v) is 5.80. The number of nitrogen functional groups attached to an aromatic ring is 1. The Morgan fingerprint density at radius 1 is 1.25 bits per heavy atom. The Morgan fingerprint density at radius 2 is 2.06 bits per heavy atom. The molecule has 0 aliphatic heterocycles. The molecule has 3 N–H and O–H groups in total. The Balaban J connectivity index is 1.98. The van der Waals surface area contributed by atoms with Crippen molar-refractivity contribution in [3.8, 4) is 0 Å². The van der Waals surface area contributed by atoms with Gasteiger partial charge in [-0.25, -0.2) is 0 Å². The van der Waals surface area contributed by atoms with E-state index in [9.17, 15) is 4.79 Å². The number of carbonyl (C=O) groups is 1. The minimum Gasteiger partial charge on any atom is -0.398 e. The summed E-state index contributed by atoms with van der Waals surface area (Å²) in [6.07, 6.45) is 0. The van der Waals surface area contributed by atoms with Gasteiger partial charge in [0.1, 0.15) is 0 Å². The number of amides is 1. The van der Waals surface area contributed by atoms with Crippen molar-refractivity contribution in [2.45, 2.75) is 6.54 Å². The van der Waals surface area contributed by atoms with Gasteiger partial charge in [0.25, 0.3) is 5.91 Å². The van der Waals surface area contributed by atoms with E-state index in [0.717, 1.165) is 10.4 Å². The number of nitrogens with one attached hydrogen (secondary N) is 1. The number of benzene rings is 1. The molecule has 16 heavy (non-hydrogen) atoms. The van der Waals surface area contributed by atoms with E-state index in [2.05, 4.69) is 5.32 Å². The first kappa shape index (κ1) is 10.7. The van der Waals surface area contributed by atoms with Gasteiger partial charge in [-0.3, -0.25) is 4.79 Å². The number of carbonyl (C=O) groups excluding carboxylic acids is 1. The van der Waals surface area contributed by atoms with Gasteiger partial charge in [-0.15, -0.1) is 11.3 Å². The Kier molecular flexibility index (Phi) is 3.22. The standard InChI is InChI=1S/C12H12N2OS/c13-10-5-2-1-4-9(10)8-14-12(15)11-6-3-7-16-11/h1-7H,8,13H2,(H,14,15). The van der Waals surface area contributed by atoms with Gasteiger partial charge in [0, 0.05) is 12.2 Å². The predicted molar refractivity (Wildman–Crippen MR) is 66.3 cm³/mol. The van der Waals surface area contributed by atoms with E-state index in [1.807, 2.05) is 35.7 Å². The molecule has 82 valence electrons. The maximum absolute atomic E-state index is 11.6. The number of rotatable bonds is 3. The van der Waals surface area contributed by atoms with Crippen LogP contribution in [0.4, 0.5) is 5.69 Å². The monoisotopic (exact) mass is 232 g/mol. The highest BCUT2D eigenvalue weighted by Crippen LogP contribution is 2.11. The summed E-state index contributed by atoms with van der Waals surface area (Å²) < 4.78 is 0. The number of hydrogen-bond donors (Lipinski definition) is 2. The molecule has 1 amide bonds. The summed E-state index contributed by atoms with van der Waals surface area (Å²) in [5.41, 5.74) is 7.42. The van der Waals surface area contributed by atoms with Crippen LogP contribution in [-0.2, 0) is 6.54 Å². The molecule has 1 heterocycles. The van der Waals surface area contributed by atoms with Crippen LogP contribution in [0.3, 0.4) is 0 Å². The van der Waals surface area contributed by atoms with Crippen LogP contribution in [-0.4, -0.2) is 5.91 Å². The molecule has 0 spiro atoms. The lowest BCUT2D eigenvalue weighted by molar-refractivity contribution is 0.0955. The molecule has 0 unspecified atom stereocenters. The molecule has 0 saturated carbocycles. The van der Waals surface area contributed by atoms with Crippen LogP contribution >= 0.6 is 11.3 Å². The van der Waals surface area contributed by atoms with Crippen molar-refractivity contribution in [2.24, 2.45) is 0 Å². The average molecular weight is 232 g/mol. The lowest BCUT2D eigenvalue weighted by atomic mass is 10.2. The summed E-state index contributed by atoms with van der Waals surface area (Å²) in [6.45, 7) is 0.462. The summed E-state index contributed by atoms with van der Waals surface area (Å²) in [6, 6.07) is 11.2. The zero-order valence-electron chi connectivity index (χ0n) is 8.64. The highest BCUT2D eigenvalue weighted by atomic mass is 32.1. The van der Waals surface area contributed by atoms with E-state index in [1.54, 1.807) is 6.07 Å². The maximum Gasteiger partial charge on any atom is 0.261 e. The van der Waals surface area contributed by atoms with Gasteiger partial charge < -0.3 is 11.1 Å². The average Bonchev–Trinajstić information content (AvgIpc) is 2.81. The smallest absolute Gasteiger partial charge is 0.261 e. The van der Waals surface area contributed by atoms with Crippen LogP contribution in [0.1, 0.15) is 15.2 Å². The Morgan fingerprint density at radius 3 is 2.75 bits per heavy atom. The molecule has 4 heteroatoms. The molecular weight excluding hydrogens is 220 g/mol. The summed E-state index contributed by atoms with van der Waals surface area (Å²) >= 11 is 1.43. The molecule has 0 fully saturated rings. The summed E-state index contributed by atoms with van der Waals surface area (Å²) in [4.78, 5) is 12.4. The molecule has 0 radical (unpaired) electrons. The van der Waals surface area contributed by atoms with Gasteiger partial charge in [-0.1, -0.05) is 24.3 Å². The molecule has 1 aromatic heterocycles. The zero-order valence-corrected chi connectivity index (χ0v) is 9.46. The fourth-order valence-corrected chi connectivity index (χ4v) is 2.01. The first-order chi connectivity index (χ1) is 7.77. The minimum atomic E-state index is -0.0572. The van der Waals surface area contributed by atoms with E-state index in [4.69, 9.17) is 5.73 Å². The van der Waals surface area contributed by atoms with Gasteiger partial charge in [0.2, 0.25) is 0 Å². The maximum atomic E-state index is 11.6. The van der Waals surface area contributed by atoms with Crippen LogP contribution in [0.15, 0.2) is 41.8 Å².